The first kappa shape index (κ1) is 10.4. The third-order valence-electron chi connectivity index (χ3n) is 2.28. The predicted molar refractivity (Wildman–Crippen MR) is 63.4 cm³/mol. The summed E-state index contributed by atoms with van der Waals surface area (Å²) in [6.07, 6.45) is 1.56. The van der Waals surface area contributed by atoms with Gasteiger partial charge in [-0.3, -0.25) is 9.78 Å². The monoisotopic (exact) mass is 215 g/mol. The van der Waals surface area contributed by atoms with Crippen molar-refractivity contribution in [1.82, 2.24) is 9.97 Å². The molecule has 0 aliphatic heterocycles. The van der Waals surface area contributed by atoms with E-state index in [4.69, 9.17) is 0 Å². The Kier molecular flexibility index (Phi) is 3.00. The zero-order valence-electron chi connectivity index (χ0n) is 9.03. The molecule has 0 fully saturated rings. The van der Waals surface area contributed by atoms with Crippen molar-refractivity contribution in [2.75, 3.05) is 5.32 Å². The molecule has 1 aromatic heterocycles. The topological polar surface area (TPSA) is 57.8 Å². The number of benzene rings is 1. The fourth-order valence-corrected chi connectivity index (χ4v) is 1.33. The summed E-state index contributed by atoms with van der Waals surface area (Å²) in [4.78, 5) is 18.1. The van der Waals surface area contributed by atoms with Crippen molar-refractivity contribution in [3.8, 4) is 0 Å². The molecule has 16 heavy (non-hydrogen) atoms. The quantitative estimate of drug-likeness (QED) is 0.819. The summed E-state index contributed by atoms with van der Waals surface area (Å²) in [7, 11) is 0. The Bertz CT molecular complexity index is 519. The van der Waals surface area contributed by atoms with Gasteiger partial charge < -0.3 is 5.32 Å². The van der Waals surface area contributed by atoms with E-state index >= 15 is 0 Å². The average Bonchev–Trinajstić information content (AvgIpc) is 2.32. The Morgan fingerprint density at radius 1 is 1.31 bits per heavy atom. The average molecular weight is 215 g/mol. The van der Waals surface area contributed by atoms with Gasteiger partial charge in [0.1, 0.15) is 0 Å². The molecule has 0 unspecified atom stereocenters. The number of nitrogens with one attached hydrogen (secondary N) is 2. The van der Waals surface area contributed by atoms with Crippen LogP contribution in [0.5, 0.6) is 0 Å². The molecule has 0 amide bonds. The lowest BCUT2D eigenvalue weighted by Crippen LogP contribution is -2.14. The molecule has 1 aromatic carbocycles. The van der Waals surface area contributed by atoms with Crippen LogP contribution in [0.25, 0.3) is 0 Å². The number of aromatic nitrogens is 2. The van der Waals surface area contributed by atoms with Gasteiger partial charge in [0.15, 0.2) is 0 Å². The molecule has 0 radical (unpaired) electrons. The molecule has 2 N–H and O–H groups in total. The summed E-state index contributed by atoms with van der Waals surface area (Å²) in [5.74, 6) is 0.499. The highest BCUT2D eigenvalue weighted by Gasteiger charge is 1.97. The smallest absolute Gasteiger partial charge is 0.255 e. The van der Waals surface area contributed by atoms with Crippen molar-refractivity contribution < 1.29 is 0 Å². The number of rotatable bonds is 3. The van der Waals surface area contributed by atoms with E-state index in [-0.39, 0.29) is 5.56 Å². The van der Waals surface area contributed by atoms with Crippen LogP contribution in [-0.4, -0.2) is 9.97 Å². The summed E-state index contributed by atoms with van der Waals surface area (Å²) in [6, 6.07) is 9.94. The normalized spacial score (nSPS) is 10.1. The van der Waals surface area contributed by atoms with Crippen molar-refractivity contribution in [2.24, 2.45) is 0 Å². The van der Waals surface area contributed by atoms with Crippen molar-refractivity contribution in [3.05, 3.63) is 58.0 Å². The lowest BCUT2D eigenvalue weighted by molar-refractivity contribution is 1.02. The molecule has 2 aromatic rings. The zero-order chi connectivity index (χ0) is 11.4. The van der Waals surface area contributed by atoms with Crippen molar-refractivity contribution in [1.29, 1.82) is 0 Å². The number of aromatic amines is 1. The number of H-pyrrole nitrogens is 1. The second-order valence-electron chi connectivity index (χ2n) is 3.58. The fraction of sp³-hybridized carbons (Fsp3) is 0.167. The summed E-state index contributed by atoms with van der Waals surface area (Å²) in [5.41, 5.74) is 1.65. The van der Waals surface area contributed by atoms with Crippen LogP contribution < -0.4 is 10.9 Å². The lowest BCUT2D eigenvalue weighted by atomic mass is 10.2. The molecule has 0 spiro atoms. The molecular formula is C12H13N3O. The molecule has 82 valence electrons. The van der Waals surface area contributed by atoms with Crippen molar-refractivity contribution >= 4 is 5.95 Å². The molecule has 4 heteroatoms. The van der Waals surface area contributed by atoms with Crippen LogP contribution in [0.1, 0.15) is 11.1 Å². The van der Waals surface area contributed by atoms with Gasteiger partial charge in [-0.15, -0.1) is 0 Å². The van der Waals surface area contributed by atoms with Crippen LogP contribution in [0.4, 0.5) is 5.95 Å². The summed E-state index contributed by atoms with van der Waals surface area (Å²) < 4.78 is 0. The number of nitrogens with zero attached hydrogens (tertiary/aromatic N) is 1. The van der Waals surface area contributed by atoms with Gasteiger partial charge in [0.25, 0.3) is 5.56 Å². The highest BCUT2D eigenvalue weighted by molar-refractivity contribution is 5.27. The maximum absolute atomic E-state index is 11.3. The van der Waals surface area contributed by atoms with Crippen molar-refractivity contribution in [3.63, 3.8) is 0 Å². The summed E-state index contributed by atoms with van der Waals surface area (Å²) in [5, 5.41) is 3.06. The van der Waals surface area contributed by atoms with Crippen LogP contribution in [0.3, 0.4) is 0 Å². The van der Waals surface area contributed by atoms with Gasteiger partial charge in [-0.2, -0.15) is 0 Å². The Balaban J connectivity index is 2.05. The molecule has 4 nitrogen and oxygen atoms in total. The van der Waals surface area contributed by atoms with E-state index < -0.39 is 0 Å². The highest BCUT2D eigenvalue weighted by Crippen LogP contribution is 2.01. The minimum Gasteiger partial charge on any atom is -0.352 e. The second-order valence-corrected chi connectivity index (χ2v) is 3.58. The minimum absolute atomic E-state index is 0.106. The van der Waals surface area contributed by atoms with Gasteiger partial charge in [-0.25, -0.2) is 4.98 Å². The van der Waals surface area contributed by atoms with E-state index in [1.807, 2.05) is 30.3 Å². The molecule has 0 aliphatic rings. The lowest BCUT2D eigenvalue weighted by Gasteiger charge is -2.04. The van der Waals surface area contributed by atoms with E-state index in [9.17, 15) is 4.79 Å². The molecule has 0 aliphatic carbocycles. The molecule has 0 bridgehead atoms. The van der Waals surface area contributed by atoms with Gasteiger partial charge in [-0.05, 0) is 12.5 Å². The Hall–Kier alpha value is -2.10. The molecular weight excluding hydrogens is 202 g/mol. The van der Waals surface area contributed by atoms with Gasteiger partial charge in [0.2, 0.25) is 5.95 Å². The second kappa shape index (κ2) is 4.61. The van der Waals surface area contributed by atoms with Crippen molar-refractivity contribution in [2.45, 2.75) is 13.5 Å². The first-order valence-corrected chi connectivity index (χ1v) is 5.09. The first-order valence-electron chi connectivity index (χ1n) is 5.09. The van der Waals surface area contributed by atoms with Gasteiger partial charge in [0.05, 0.1) is 0 Å². The van der Waals surface area contributed by atoms with Crippen LogP contribution in [0.15, 0.2) is 41.3 Å². The van der Waals surface area contributed by atoms with Crippen LogP contribution in [0, 0.1) is 6.92 Å². The van der Waals surface area contributed by atoms with E-state index in [1.165, 1.54) is 0 Å². The SMILES string of the molecule is Cc1cnc(NCc2ccccc2)[nH]c1=O. The standard InChI is InChI=1S/C12H13N3O/c1-9-7-13-12(15-11(9)16)14-8-10-5-3-2-4-6-10/h2-7H,8H2,1H3,(H2,13,14,15,16). The molecule has 0 saturated carbocycles. The molecule has 2 rings (SSSR count). The van der Waals surface area contributed by atoms with Crippen LogP contribution >= 0.6 is 0 Å². The minimum atomic E-state index is -0.106. The van der Waals surface area contributed by atoms with E-state index in [0.29, 0.717) is 18.1 Å². The van der Waals surface area contributed by atoms with E-state index in [2.05, 4.69) is 15.3 Å². The molecule has 0 saturated heterocycles. The number of hydrogen-bond donors (Lipinski definition) is 2. The number of anilines is 1. The van der Waals surface area contributed by atoms with Gasteiger partial charge in [0, 0.05) is 18.3 Å². The number of aryl methyl sites for hydroxylation is 1. The first-order chi connectivity index (χ1) is 7.75. The zero-order valence-corrected chi connectivity index (χ0v) is 9.03. The Morgan fingerprint density at radius 2 is 2.06 bits per heavy atom. The predicted octanol–water partition coefficient (Wildman–Crippen LogP) is 1.69. The Morgan fingerprint density at radius 3 is 2.75 bits per heavy atom. The van der Waals surface area contributed by atoms with Gasteiger partial charge in [-0.1, -0.05) is 30.3 Å². The highest BCUT2D eigenvalue weighted by atomic mass is 16.1. The fourth-order valence-electron chi connectivity index (χ4n) is 1.33. The molecule has 1 heterocycles. The third-order valence-corrected chi connectivity index (χ3v) is 2.28. The largest absolute Gasteiger partial charge is 0.352 e. The maximum atomic E-state index is 11.3. The number of hydrogen-bond acceptors (Lipinski definition) is 3. The van der Waals surface area contributed by atoms with Crippen LogP contribution in [-0.2, 0) is 6.54 Å². The molecule has 0 atom stereocenters. The van der Waals surface area contributed by atoms with E-state index in [0.717, 1.165) is 5.56 Å². The van der Waals surface area contributed by atoms with E-state index in [1.54, 1.807) is 13.1 Å². The van der Waals surface area contributed by atoms with Gasteiger partial charge >= 0.3 is 0 Å². The van der Waals surface area contributed by atoms with Crippen LogP contribution in [0.2, 0.25) is 0 Å². The summed E-state index contributed by atoms with van der Waals surface area (Å²) in [6.45, 7) is 2.37. The summed E-state index contributed by atoms with van der Waals surface area (Å²) >= 11 is 0. The maximum Gasteiger partial charge on any atom is 0.255 e. The third kappa shape index (κ3) is 2.48. The Labute approximate surface area is 93.4 Å².